The number of hydrogen-bond acceptors (Lipinski definition) is 3. The van der Waals surface area contributed by atoms with Crippen LogP contribution in [0.3, 0.4) is 0 Å². The van der Waals surface area contributed by atoms with Crippen LogP contribution in [0.1, 0.15) is 22.9 Å². The van der Waals surface area contributed by atoms with E-state index in [-0.39, 0.29) is 18.0 Å². The Morgan fingerprint density at radius 1 is 1.62 bits per heavy atom. The summed E-state index contributed by atoms with van der Waals surface area (Å²) in [5.74, 6) is 0. The quantitative estimate of drug-likeness (QED) is 0.831. The van der Waals surface area contributed by atoms with Crippen molar-refractivity contribution in [1.29, 1.82) is 5.26 Å². The Labute approximate surface area is 86.6 Å². The Kier molecular flexibility index (Phi) is 4.92. The molecule has 0 aromatic carbocycles. The zero-order valence-corrected chi connectivity index (χ0v) is 8.77. The number of nitrogens with zero attached hydrogens (tertiary/aromatic N) is 1. The molecule has 0 aliphatic rings. The van der Waals surface area contributed by atoms with E-state index in [4.69, 9.17) is 11.0 Å². The van der Waals surface area contributed by atoms with Gasteiger partial charge in [0, 0.05) is 11.4 Å². The molecule has 2 nitrogen and oxygen atoms in total. The molecule has 1 aromatic rings. The summed E-state index contributed by atoms with van der Waals surface area (Å²) >= 11 is 0.976. The minimum Gasteiger partial charge on any atom is -0.326 e. The Balaban J connectivity index is 0.00000144. The molecule has 0 atom stereocenters. The van der Waals surface area contributed by atoms with Crippen LogP contribution in [-0.2, 0) is 13.0 Å². The highest BCUT2D eigenvalue weighted by Crippen LogP contribution is 2.26. The fourth-order valence-electron chi connectivity index (χ4n) is 1.13. The van der Waals surface area contributed by atoms with Gasteiger partial charge in [-0.1, -0.05) is 6.92 Å². The van der Waals surface area contributed by atoms with Crippen LogP contribution in [0.5, 0.6) is 0 Å². The van der Waals surface area contributed by atoms with Crippen LogP contribution < -0.4 is 5.73 Å². The molecule has 72 valence electrons. The highest BCUT2D eigenvalue weighted by molar-refractivity contribution is 7.10. The van der Waals surface area contributed by atoms with E-state index in [1.807, 2.05) is 13.0 Å². The Morgan fingerprint density at radius 3 is 2.62 bits per heavy atom. The summed E-state index contributed by atoms with van der Waals surface area (Å²) in [6, 6.07) is 1.85. The summed E-state index contributed by atoms with van der Waals surface area (Å²) in [6.45, 7) is 2.20. The van der Waals surface area contributed by atoms with Gasteiger partial charge in [-0.2, -0.15) is 9.65 Å². The van der Waals surface area contributed by atoms with Crippen LogP contribution in [0.15, 0.2) is 0 Å². The highest BCUT2D eigenvalue weighted by atomic mass is 35.5. The van der Waals surface area contributed by atoms with Crippen LogP contribution in [-0.4, -0.2) is 0 Å². The highest BCUT2D eigenvalue weighted by Gasteiger charge is 2.14. The van der Waals surface area contributed by atoms with E-state index < -0.39 is 5.13 Å². The molecular weight excluding hydrogens is 211 g/mol. The maximum Gasteiger partial charge on any atom is 0.194 e. The second-order valence-corrected chi connectivity index (χ2v) is 3.38. The van der Waals surface area contributed by atoms with Crippen molar-refractivity contribution < 1.29 is 4.39 Å². The number of hydrogen-bond donors (Lipinski definition) is 1. The standard InChI is InChI=1S/C8H9FN2S.ClH/c1-2-5-6(3-10)8(9)12-7(5)4-11;/h2,4,11H2,1H3;1H. The molecule has 1 rings (SSSR count). The van der Waals surface area contributed by atoms with Crippen molar-refractivity contribution >= 4 is 23.7 Å². The van der Waals surface area contributed by atoms with Crippen molar-refractivity contribution in [2.45, 2.75) is 19.9 Å². The fourth-order valence-corrected chi connectivity index (χ4v) is 2.07. The van der Waals surface area contributed by atoms with Gasteiger partial charge in [-0.25, -0.2) is 0 Å². The largest absolute Gasteiger partial charge is 0.326 e. The first-order valence-corrected chi connectivity index (χ1v) is 4.46. The second kappa shape index (κ2) is 5.18. The molecule has 0 amide bonds. The molecule has 0 aliphatic carbocycles. The summed E-state index contributed by atoms with van der Waals surface area (Å²) in [5, 5.41) is 8.21. The lowest BCUT2D eigenvalue weighted by Crippen LogP contribution is -1.97. The molecule has 0 spiro atoms. The van der Waals surface area contributed by atoms with Gasteiger partial charge in [0.05, 0.1) is 0 Å². The summed E-state index contributed by atoms with van der Waals surface area (Å²) < 4.78 is 13.0. The lowest BCUT2D eigenvalue weighted by atomic mass is 10.1. The van der Waals surface area contributed by atoms with Gasteiger partial charge in [0.2, 0.25) is 0 Å². The lowest BCUT2D eigenvalue weighted by molar-refractivity contribution is 0.652. The van der Waals surface area contributed by atoms with E-state index in [1.54, 1.807) is 0 Å². The Hall–Kier alpha value is -0.630. The monoisotopic (exact) mass is 220 g/mol. The molecule has 2 N–H and O–H groups in total. The molecule has 1 heterocycles. The van der Waals surface area contributed by atoms with Gasteiger partial charge in [0.15, 0.2) is 5.13 Å². The molecule has 0 aliphatic heterocycles. The fraction of sp³-hybridized carbons (Fsp3) is 0.375. The number of rotatable bonds is 2. The van der Waals surface area contributed by atoms with Crippen molar-refractivity contribution in [3.05, 3.63) is 21.1 Å². The van der Waals surface area contributed by atoms with Gasteiger partial charge in [-0.15, -0.1) is 23.7 Å². The van der Waals surface area contributed by atoms with Crippen molar-refractivity contribution in [2.24, 2.45) is 5.73 Å². The average molecular weight is 221 g/mol. The molecule has 5 heteroatoms. The third-order valence-corrected chi connectivity index (χ3v) is 2.74. The summed E-state index contributed by atoms with van der Waals surface area (Å²) in [5.41, 5.74) is 6.33. The SMILES string of the molecule is CCc1c(CN)sc(F)c1C#N.Cl. The van der Waals surface area contributed by atoms with Crippen LogP contribution >= 0.6 is 23.7 Å². The van der Waals surface area contributed by atoms with Gasteiger partial charge < -0.3 is 5.73 Å². The predicted octanol–water partition coefficient (Wildman–Crippen LogP) is 2.20. The molecular formula is C8H10ClFN2S. The maximum atomic E-state index is 13.0. The Bertz CT molecular complexity index is 330. The van der Waals surface area contributed by atoms with E-state index >= 15 is 0 Å². The lowest BCUT2D eigenvalue weighted by Gasteiger charge is -1.95. The third kappa shape index (κ3) is 2.19. The van der Waals surface area contributed by atoms with Gasteiger partial charge in [-0.3, -0.25) is 0 Å². The van der Waals surface area contributed by atoms with Crippen LogP contribution in [0, 0.1) is 16.5 Å². The first-order chi connectivity index (χ1) is 5.74. The second-order valence-electron chi connectivity index (χ2n) is 2.32. The number of halogens is 2. The molecule has 0 radical (unpaired) electrons. The molecule has 1 aromatic heterocycles. The van der Waals surface area contributed by atoms with E-state index in [2.05, 4.69) is 0 Å². The smallest absolute Gasteiger partial charge is 0.194 e. The molecule has 0 fully saturated rings. The molecule has 13 heavy (non-hydrogen) atoms. The predicted molar refractivity (Wildman–Crippen MR) is 53.5 cm³/mol. The van der Waals surface area contributed by atoms with Crippen molar-refractivity contribution in [2.75, 3.05) is 0 Å². The van der Waals surface area contributed by atoms with Crippen LogP contribution in [0.25, 0.3) is 0 Å². The van der Waals surface area contributed by atoms with Gasteiger partial charge in [0.25, 0.3) is 0 Å². The van der Waals surface area contributed by atoms with Gasteiger partial charge in [0.1, 0.15) is 11.6 Å². The van der Waals surface area contributed by atoms with E-state index in [0.717, 1.165) is 21.8 Å². The average Bonchev–Trinajstić information content (AvgIpc) is 2.40. The molecule has 0 saturated heterocycles. The van der Waals surface area contributed by atoms with Crippen molar-refractivity contribution in [3.63, 3.8) is 0 Å². The van der Waals surface area contributed by atoms with Crippen molar-refractivity contribution in [1.82, 2.24) is 0 Å². The van der Waals surface area contributed by atoms with E-state index in [0.29, 0.717) is 13.0 Å². The van der Waals surface area contributed by atoms with Gasteiger partial charge in [-0.05, 0) is 12.0 Å². The Morgan fingerprint density at radius 2 is 2.23 bits per heavy atom. The first kappa shape index (κ1) is 12.4. The van der Waals surface area contributed by atoms with Crippen LogP contribution in [0.2, 0.25) is 0 Å². The third-order valence-electron chi connectivity index (χ3n) is 1.70. The normalized spacial score (nSPS) is 9.08. The van der Waals surface area contributed by atoms with Gasteiger partial charge >= 0.3 is 0 Å². The molecule has 0 saturated carbocycles. The van der Waals surface area contributed by atoms with E-state index in [1.165, 1.54) is 0 Å². The number of nitriles is 1. The molecule has 0 bridgehead atoms. The maximum absolute atomic E-state index is 13.0. The minimum absolute atomic E-state index is 0. The summed E-state index contributed by atoms with van der Waals surface area (Å²) in [6.07, 6.45) is 0.663. The molecule has 0 unspecified atom stereocenters. The summed E-state index contributed by atoms with van der Waals surface area (Å²) in [7, 11) is 0. The number of thiophene rings is 1. The minimum atomic E-state index is -0.408. The van der Waals surface area contributed by atoms with E-state index in [9.17, 15) is 4.39 Å². The van der Waals surface area contributed by atoms with Crippen LogP contribution in [0.4, 0.5) is 4.39 Å². The number of nitrogens with two attached hydrogens (primary N) is 1. The first-order valence-electron chi connectivity index (χ1n) is 3.64. The zero-order valence-electron chi connectivity index (χ0n) is 7.13. The van der Waals surface area contributed by atoms with Crippen molar-refractivity contribution in [3.8, 4) is 6.07 Å². The zero-order chi connectivity index (χ0) is 9.14. The summed E-state index contributed by atoms with van der Waals surface area (Å²) in [4.78, 5) is 0.784. The topological polar surface area (TPSA) is 49.8 Å².